The van der Waals surface area contributed by atoms with Gasteiger partial charge >= 0.3 is 334 Å². The Bertz CT molecular complexity index is 2010. The molecule has 0 heterocycles. The molecule has 2 N–H and O–H groups in total. The number of hydrogen-bond acceptors (Lipinski definition) is 2. The average Bonchev–Trinajstić information content (AvgIpc) is 3.79. The van der Waals surface area contributed by atoms with Crippen molar-refractivity contribution in [2.45, 2.75) is 88.3 Å². The van der Waals surface area contributed by atoms with E-state index in [-0.39, 0.29) is 36.5 Å². The summed E-state index contributed by atoms with van der Waals surface area (Å²) in [6.45, 7) is 16.9. The first-order valence-electron chi connectivity index (χ1n) is 19.8. The van der Waals surface area contributed by atoms with E-state index >= 15 is 0 Å². The summed E-state index contributed by atoms with van der Waals surface area (Å²) in [6, 6.07) is 30.0. The number of rotatable bonds is 13. The second-order valence-electron chi connectivity index (χ2n) is 15.5. The van der Waals surface area contributed by atoms with Crippen molar-refractivity contribution in [3.63, 3.8) is 0 Å². The SMILES string of the molecule is CCC(=O)N[B](NC(=O)CC)[Zr]([Cl])([Cl])([CH]1C(C(C)CC)=Cc2c(-c3ccccc3C)cccc21)[CH]1C(C(C)CC)=Cc2c(-c3ccccc3C)cccc21. The summed E-state index contributed by atoms with van der Waals surface area (Å²) < 4.78 is -1.77. The van der Waals surface area contributed by atoms with Crippen molar-refractivity contribution in [2.75, 3.05) is 0 Å². The average molecular weight is 840 g/mol. The Balaban J connectivity index is 1.75. The molecule has 281 valence electrons. The molecule has 6 rings (SSSR count). The Hall–Kier alpha value is -3.17. The molecule has 0 spiro atoms. The third-order valence-electron chi connectivity index (χ3n) is 12.3. The second-order valence-corrected chi connectivity index (χ2v) is 36.9. The van der Waals surface area contributed by atoms with E-state index in [2.05, 4.69) is 149 Å². The van der Waals surface area contributed by atoms with Gasteiger partial charge in [-0.15, -0.1) is 0 Å². The van der Waals surface area contributed by atoms with Crippen molar-refractivity contribution in [1.82, 2.24) is 10.5 Å². The molecule has 8 heteroatoms. The van der Waals surface area contributed by atoms with E-state index in [9.17, 15) is 9.59 Å². The van der Waals surface area contributed by atoms with Gasteiger partial charge in [-0.3, -0.25) is 0 Å². The summed E-state index contributed by atoms with van der Waals surface area (Å²) in [6.07, 6.45) is 6.93. The normalized spacial score (nSPS) is 18.0. The number of nitrogens with one attached hydrogen (secondary N) is 2. The van der Waals surface area contributed by atoms with Crippen molar-refractivity contribution in [2.24, 2.45) is 11.8 Å². The predicted octanol–water partition coefficient (Wildman–Crippen LogP) is 12.3. The van der Waals surface area contributed by atoms with E-state index in [4.69, 9.17) is 17.0 Å². The molecule has 0 saturated heterocycles. The van der Waals surface area contributed by atoms with E-state index in [0.717, 1.165) is 57.3 Å². The summed E-state index contributed by atoms with van der Waals surface area (Å²) in [5.74, 6) is -0.117. The number of fused-ring (bicyclic) bond motifs is 2. The summed E-state index contributed by atoms with van der Waals surface area (Å²) in [5, 5.41) is 6.60. The number of allylic oxidation sites excluding steroid dienone is 2. The van der Waals surface area contributed by atoms with E-state index in [0.29, 0.717) is 0 Å². The number of amides is 2. The monoisotopic (exact) mass is 837 g/mol. The molecule has 0 aromatic heterocycles. The molecule has 0 aliphatic heterocycles. The van der Waals surface area contributed by atoms with E-state index in [1.165, 1.54) is 22.3 Å². The maximum absolute atomic E-state index is 13.7. The molecule has 54 heavy (non-hydrogen) atoms. The van der Waals surface area contributed by atoms with Gasteiger partial charge in [0.2, 0.25) is 0 Å². The van der Waals surface area contributed by atoms with Crippen molar-refractivity contribution in [1.29, 1.82) is 0 Å². The van der Waals surface area contributed by atoms with Crippen LogP contribution in [-0.2, 0) is 25.8 Å². The fourth-order valence-corrected chi connectivity index (χ4v) is 29.7. The molecular weight excluding hydrogens is 785 g/mol. The first-order chi connectivity index (χ1) is 25.8. The molecule has 4 nitrogen and oxygen atoms in total. The van der Waals surface area contributed by atoms with Gasteiger partial charge in [-0.2, -0.15) is 0 Å². The molecule has 4 unspecified atom stereocenters. The Morgan fingerprint density at radius 1 is 0.611 bits per heavy atom. The number of halogens is 2. The number of aryl methyl sites for hydroxylation is 2. The van der Waals surface area contributed by atoms with Crippen molar-refractivity contribution in [3.05, 3.63) is 129 Å². The van der Waals surface area contributed by atoms with Gasteiger partial charge in [0.05, 0.1) is 0 Å². The minimum absolute atomic E-state index is 0.136. The molecule has 4 atom stereocenters. The van der Waals surface area contributed by atoms with E-state index in [1.807, 2.05) is 13.8 Å². The molecule has 2 amide bonds. The third kappa shape index (κ3) is 6.94. The number of carbonyl (C=O) groups excluding carboxylic acids is 2. The first kappa shape index (κ1) is 40.5. The van der Waals surface area contributed by atoms with Crippen LogP contribution in [0, 0.1) is 25.7 Å². The van der Waals surface area contributed by atoms with Gasteiger partial charge < -0.3 is 0 Å². The second kappa shape index (κ2) is 16.1. The zero-order chi connectivity index (χ0) is 39.0. The van der Waals surface area contributed by atoms with Crippen LogP contribution in [-0.4, -0.2) is 16.3 Å². The fraction of sp³-hybridized carbons (Fsp3) is 0.348. The predicted molar refractivity (Wildman–Crippen MR) is 228 cm³/mol. The van der Waals surface area contributed by atoms with Crippen molar-refractivity contribution in [3.8, 4) is 22.3 Å². The van der Waals surface area contributed by atoms with Gasteiger partial charge in [0.1, 0.15) is 0 Å². The zero-order valence-electron chi connectivity index (χ0n) is 33.0. The van der Waals surface area contributed by atoms with Crippen LogP contribution in [0.4, 0.5) is 0 Å². The number of benzene rings is 4. The van der Waals surface area contributed by atoms with Crippen molar-refractivity contribution >= 4 is 45.5 Å². The standard InChI is InChI=1S/2C20H21.C6H11BN2O2.2ClH.Zr/c2*1-4-14(2)17-12-16-9-7-11-19(20(16)13-17)18-10-6-5-8-15(18)3;1-3-5(10)8-7-9-6(11)4-2;;;/h2*5-14H,4H2,1-3H3;3-4H2,1-2H3,(H-,8,9,10,11);2*1H;/q;;;;;+1/p-1. The van der Waals surface area contributed by atoms with Crippen molar-refractivity contribution < 1.29 is 25.8 Å². The molecule has 0 saturated carbocycles. The number of hydrogen-bond donors (Lipinski definition) is 2. The maximum atomic E-state index is 13.7. The molecule has 0 bridgehead atoms. The Morgan fingerprint density at radius 2 is 0.981 bits per heavy atom. The molecule has 2 aliphatic rings. The van der Waals surface area contributed by atoms with Crippen LogP contribution in [0.25, 0.3) is 34.4 Å². The summed E-state index contributed by atoms with van der Waals surface area (Å²) >= 11 is -6.04. The molecule has 0 fully saturated rings. The van der Waals surface area contributed by atoms with Crippen LogP contribution >= 0.6 is 17.0 Å². The van der Waals surface area contributed by atoms with Gasteiger partial charge in [-0.25, -0.2) is 0 Å². The van der Waals surface area contributed by atoms with Crippen LogP contribution in [0.2, 0.25) is 0 Å². The first-order valence-corrected chi connectivity index (χ1v) is 30.4. The quantitative estimate of drug-likeness (QED) is 0.132. The van der Waals surface area contributed by atoms with Crippen LogP contribution < -0.4 is 10.5 Å². The van der Waals surface area contributed by atoms with E-state index < -0.39 is 27.9 Å². The Morgan fingerprint density at radius 3 is 1.33 bits per heavy atom. The van der Waals surface area contributed by atoms with Gasteiger partial charge in [0.15, 0.2) is 0 Å². The van der Waals surface area contributed by atoms with Gasteiger partial charge in [0, 0.05) is 0 Å². The summed E-state index contributed by atoms with van der Waals surface area (Å²) in [4.78, 5) is 27.4. The molecule has 2 aliphatic carbocycles. The minimum atomic E-state index is -6.04. The van der Waals surface area contributed by atoms with Crippen LogP contribution in [0.5, 0.6) is 0 Å². The molecule has 4 aromatic carbocycles. The van der Waals surface area contributed by atoms with Gasteiger partial charge in [0.25, 0.3) is 0 Å². The fourth-order valence-electron chi connectivity index (χ4n) is 8.96. The van der Waals surface area contributed by atoms with Gasteiger partial charge in [-0.05, 0) is 0 Å². The molecule has 4 aromatic rings. The van der Waals surface area contributed by atoms with Crippen LogP contribution in [0.15, 0.2) is 96.1 Å². The molecule has 0 radical (unpaired) electrons. The zero-order valence-corrected chi connectivity index (χ0v) is 37.0. The van der Waals surface area contributed by atoms with Crippen LogP contribution in [0.1, 0.15) is 108 Å². The third-order valence-corrected chi connectivity index (χ3v) is 32.1. The summed E-state index contributed by atoms with van der Waals surface area (Å²) in [7, 11) is 17.9. The Labute approximate surface area is 331 Å². The van der Waals surface area contributed by atoms with E-state index in [1.54, 1.807) is 0 Å². The van der Waals surface area contributed by atoms with Gasteiger partial charge in [-0.1, -0.05) is 0 Å². The topological polar surface area (TPSA) is 58.2 Å². The summed E-state index contributed by atoms with van der Waals surface area (Å²) in [5.41, 5.74) is 13.7. The van der Waals surface area contributed by atoms with Crippen LogP contribution in [0.3, 0.4) is 0 Å². The molecular formula is C46H54BCl2N2O2Zr. The number of carbonyl (C=O) groups is 2. The Kier molecular flexibility index (Phi) is 12.1.